The first-order valence-corrected chi connectivity index (χ1v) is 6.37. The van der Waals surface area contributed by atoms with Crippen LogP contribution in [0.15, 0.2) is 48.7 Å². The SMILES string of the molecule is O=C(NCCCO)c1ccc(Oc2ccccc2)nc1. The number of carbonyl (C=O) groups excluding carboxylic acids is 1. The van der Waals surface area contributed by atoms with Gasteiger partial charge in [-0.3, -0.25) is 4.79 Å². The minimum atomic E-state index is -0.211. The molecule has 0 aliphatic heterocycles. The van der Waals surface area contributed by atoms with E-state index in [4.69, 9.17) is 9.84 Å². The van der Waals surface area contributed by atoms with E-state index in [1.54, 1.807) is 12.1 Å². The average molecular weight is 272 g/mol. The maximum Gasteiger partial charge on any atom is 0.252 e. The van der Waals surface area contributed by atoms with Crippen LogP contribution in [0, 0.1) is 0 Å². The number of hydrogen-bond donors (Lipinski definition) is 2. The molecule has 20 heavy (non-hydrogen) atoms. The van der Waals surface area contributed by atoms with Crippen LogP contribution in [-0.4, -0.2) is 29.1 Å². The molecule has 1 amide bonds. The number of rotatable bonds is 6. The third-order valence-electron chi connectivity index (χ3n) is 2.58. The van der Waals surface area contributed by atoms with Crippen molar-refractivity contribution < 1.29 is 14.6 Å². The van der Waals surface area contributed by atoms with E-state index in [0.29, 0.717) is 30.2 Å². The predicted molar refractivity (Wildman–Crippen MR) is 74.8 cm³/mol. The Morgan fingerprint density at radius 1 is 1.20 bits per heavy atom. The third kappa shape index (κ3) is 4.07. The zero-order valence-corrected chi connectivity index (χ0v) is 11.0. The normalized spacial score (nSPS) is 10.1. The molecule has 2 aromatic rings. The maximum atomic E-state index is 11.7. The predicted octanol–water partition coefficient (Wildman–Crippen LogP) is 1.99. The van der Waals surface area contributed by atoms with E-state index in [-0.39, 0.29) is 12.5 Å². The molecule has 0 aliphatic carbocycles. The van der Waals surface area contributed by atoms with Crippen LogP contribution in [0.3, 0.4) is 0 Å². The Balaban J connectivity index is 1.94. The highest BCUT2D eigenvalue weighted by Crippen LogP contribution is 2.18. The maximum absolute atomic E-state index is 11.7. The minimum Gasteiger partial charge on any atom is -0.439 e. The van der Waals surface area contributed by atoms with Crippen molar-refractivity contribution in [3.8, 4) is 11.6 Å². The number of para-hydroxylation sites is 1. The number of ether oxygens (including phenoxy) is 1. The second kappa shape index (κ2) is 7.25. The molecule has 2 N–H and O–H groups in total. The van der Waals surface area contributed by atoms with Gasteiger partial charge in [0.15, 0.2) is 0 Å². The second-order valence-corrected chi connectivity index (χ2v) is 4.13. The Hall–Kier alpha value is -2.40. The zero-order chi connectivity index (χ0) is 14.2. The van der Waals surface area contributed by atoms with Gasteiger partial charge >= 0.3 is 0 Å². The lowest BCUT2D eigenvalue weighted by Crippen LogP contribution is -2.25. The lowest BCUT2D eigenvalue weighted by molar-refractivity contribution is 0.0951. The molecule has 5 nitrogen and oxygen atoms in total. The Labute approximate surface area is 117 Å². The highest BCUT2D eigenvalue weighted by atomic mass is 16.5. The fourth-order valence-electron chi connectivity index (χ4n) is 1.57. The lowest BCUT2D eigenvalue weighted by Gasteiger charge is -2.06. The highest BCUT2D eigenvalue weighted by molar-refractivity contribution is 5.93. The summed E-state index contributed by atoms with van der Waals surface area (Å²) in [5.41, 5.74) is 0.461. The summed E-state index contributed by atoms with van der Waals surface area (Å²) in [7, 11) is 0. The minimum absolute atomic E-state index is 0.0579. The average Bonchev–Trinajstić information content (AvgIpc) is 2.49. The van der Waals surface area contributed by atoms with Crippen LogP contribution >= 0.6 is 0 Å². The van der Waals surface area contributed by atoms with Crippen LogP contribution in [-0.2, 0) is 0 Å². The first-order valence-electron chi connectivity index (χ1n) is 6.37. The molecule has 0 radical (unpaired) electrons. The first-order chi connectivity index (χ1) is 9.79. The summed E-state index contributed by atoms with van der Waals surface area (Å²) in [5.74, 6) is 0.917. The molecule has 0 atom stereocenters. The van der Waals surface area contributed by atoms with Gasteiger partial charge in [-0.1, -0.05) is 18.2 Å². The van der Waals surface area contributed by atoms with E-state index in [0.717, 1.165) is 0 Å². The van der Waals surface area contributed by atoms with Crippen molar-refractivity contribution in [1.82, 2.24) is 10.3 Å². The number of nitrogens with one attached hydrogen (secondary N) is 1. The molecule has 1 aromatic heterocycles. The number of benzene rings is 1. The van der Waals surface area contributed by atoms with Gasteiger partial charge in [0.2, 0.25) is 5.88 Å². The quantitative estimate of drug-likeness (QED) is 0.789. The van der Waals surface area contributed by atoms with E-state index in [9.17, 15) is 4.79 Å². The summed E-state index contributed by atoms with van der Waals surface area (Å²) >= 11 is 0. The van der Waals surface area contributed by atoms with Crippen molar-refractivity contribution in [1.29, 1.82) is 0 Å². The van der Waals surface area contributed by atoms with Gasteiger partial charge in [0.25, 0.3) is 5.91 Å². The summed E-state index contributed by atoms with van der Waals surface area (Å²) in [6.07, 6.45) is 2.00. The van der Waals surface area contributed by atoms with Crippen LogP contribution in [0.1, 0.15) is 16.8 Å². The Morgan fingerprint density at radius 2 is 2.00 bits per heavy atom. The molecule has 0 unspecified atom stereocenters. The van der Waals surface area contributed by atoms with Gasteiger partial charge in [-0.05, 0) is 24.6 Å². The number of amides is 1. The summed E-state index contributed by atoms with van der Waals surface area (Å²) in [5, 5.41) is 11.3. The van der Waals surface area contributed by atoms with Gasteiger partial charge in [0, 0.05) is 25.4 Å². The fraction of sp³-hybridized carbons (Fsp3) is 0.200. The molecule has 1 heterocycles. The topological polar surface area (TPSA) is 71.5 Å². The number of aliphatic hydroxyl groups excluding tert-OH is 1. The number of hydrogen-bond acceptors (Lipinski definition) is 4. The Morgan fingerprint density at radius 3 is 2.65 bits per heavy atom. The Kier molecular flexibility index (Phi) is 5.08. The van der Waals surface area contributed by atoms with E-state index in [1.807, 2.05) is 30.3 Å². The van der Waals surface area contributed by atoms with Crippen LogP contribution in [0.25, 0.3) is 0 Å². The van der Waals surface area contributed by atoms with Crippen molar-refractivity contribution in [2.45, 2.75) is 6.42 Å². The van der Waals surface area contributed by atoms with Gasteiger partial charge in [-0.25, -0.2) is 4.98 Å². The standard InChI is InChI=1S/C15H16N2O3/c18-10-4-9-16-15(19)12-7-8-14(17-11-12)20-13-5-2-1-3-6-13/h1-3,5-8,11,18H,4,9-10H2,(H,16,19). The van der Waals surface area contributed by atoms with E-state index in [2.05, 4.69) is 10.3 Å². The smallest absolute Gasteiger partial charge is 0.252 e. The molecule has 2 rings (SSSR count). The summed E-state index contributed by atoms with van der Waals surface area (Å²) < 4.78 is 5.54. The molecule has 0 fully saturated rings. The van der Waals surface area contributed by atoms with Gasteiger partial charge in [-0.15, -0.1) is 0 Å². The molecule has 0 bridgehead atoms. The van der Waals surface area contributed by atoms with Crippen molar-refractivity contribution in [2.24, 2.45) is 0 Å². The van der Waals surface area contributed by atoms with Crippen molar-refractivity contribution in [2.75, 3.05) is 13.2 Å². The van der Waals surface area contributed by atoms with Crippen LogP contribution in [0.2, 0.25) is 0 Å². The van der Waals surface area contributed by atoms with Gasteiger partial charge in [0.05, 0.1) is 5.56 Å². The molecule has 0 spiro atoms. The number of carbonyl (C=O) groups is 1. The van der Waals surface area contributed by atoms with Crippen LogP contribution in [0.4, 0.5) is 0 Å². The first kappa shape index (κ1) is 14.0. The van der Waals surface area contributed by atoms with Crippen LogP contribution in [0.5, 0.6) is 11.6 Å². The molecule has 0 saturated heterocycles. The van der Waals surface area contributed by atoms with Gasteiger partial charge < -0.3 is 15.2 Å². The number of aliphatic hydroxyl groups is 1. The molecule has 0 saturated carbocycles. The largest absolute Gasteiger partial charge is 0.439 e. The van der Waals surface area contributed by atoms with E-state index >= 15 is 0 Å². The van der Waals surface area contributed by atoms with Crippen molar-refractivity contribution in [3.63, 3.8) is 0 Å². The van der Waals surface area contributed by atoms with Gasteiger partial charge in [0.1, 0.15) is 5.75 Å². The molecule has 5 heteroatoms. The third-order valence-corrected chi connectivity index (χ3v) is 2.58. The van der Waals surface area contributed by atoms with E-state index in [1.165, 1.54) is 6.20 Å². The van der Waals surface area contributed by atoms with Crippen molar-refractivity contribution >= 4 is 5.91 Å². The molecule has 1 aromatic carbocycles. The highest BCUT2D eigenvalue weighted by Gasteiger charge is 2.06. The number of aromatic nitrogens is 1. The Bertz CT molecular complexity index is 541. The lowest BCUT2D eigenvalue weighted by atomic mass is 10.2. The summed E-state index contributed by atoms with van der Waals surface area (Å²) in [4.78, 5) is 15.8. The second-order valence-electron chi connectivity index (χ2n) is 4.13. The fourth-order valence-corrected chi connectivity index (χ4v) is 1.57. The number of nitrogens with zero attached hydrogens (tertiary/aromatic N) is 1. The molecular weight excluding hydrogens is 256 g/mol. The van der Waals surface area contributed by atoms with Gasteiger partial charge in [-0.2, -0.15) is 0 Å². The molecule has 0 aliphatic rings. The van der Waals surface area contributed by atoms with Crippen molar-refractivity contribution in [3.05, 3.63) is 54.2 Å². The summed E-state index contributed by atoms with van der Waals surface area (Å²) in [6.45, 7) is 0.500. The zero-order valence-electron chi connectivity index (χ0n) is 11.0. The molecular formula is C15H16N2O3. The monoisotopic (exact) mass is 272 g/mol. The van der Waals surface area contributed by atoms with Crippen LogP contribution < -0.4 is 10.1 Å². The number of pyridine rings is 1. The van der Waals surface area contributed by atoms with E-state index < -0.39 is 0 Å². The molecule has 104 valence electrons. The summed E-state index contributed by atoms with van der Waals surface area (Å²) in [6, 6.07) is 12.6.